The predicted molar refractivity (Wildman–Crippen MR) is 110 cm³/mol. The number of amides is 1. The van der Waals surface area contributed by atoms with Crippen LogP contribution in [0.3, 0.4) is 0 Å². The normalized spacial score (nSPS) is 15.8. The zero-order valence-electron chi connectivity index (χ0n) is 17.1. The van der Waals surface area contributed by atoms with E-state index in [1.165, 1.54) is 6.07 Å². The summed E-state index contributed by atoms with van der Waals surface area (Å²) in [6, 6.07) is 14.2. The van der Waals surface area contributed by atoms with Gasteiger partial charge < -0.3 is 14.5 Å². The monoisotopic (exact) mass is 398 g/mol. The second-order valence-corrected chi connectivity index (χ2v) is 7.67. The van der Waals surface area contributed by atoms with Crippen molar-refractivity contribution in [3.05, 3.63) is 65.5 Å². The third kappa shape index (κ3) is 5.56. The minimum atomic E-state index is -0.320. The van der Waals surface area contributed by atoms with Crippen LogP contribution in [0.4, 0.5) is 4.39 Å². The molecule has 5 nitrogen and oxygen atoms in total. The van der Waals surface area contributed by atoms with E-state index in [2.05, 4.69) is 5.16 Å². The molecule has 1 unspecified atom stereocenters. The van der Waals surface area contributed by atoms with Gasteiger partial charge in [-0.15, -0.1) is 0 Å². The maximum absolute atomic E-state index is 14.0. The van der Waals surface area contributed by atoms with Gasteiger partial charge in [-0.2, -0.15) is 0 Å². The van der Waals surface area contributed by atoms with Crippen molar-refractivity contribution >= 4 is 11.6 Å². The maximum atomic E-state index is 14.0. The molecule has 0 saturated carbocycles. The third-order valence-electron chi connectivity index (χ3n) is 4.78. The number of carbonyl (C=O) groups excluding carboxylic acids is 1. The van der Waals surface area contributed by atoms with E-state index in [9.17, 15) is 9.18 Å². The lowest BCUT2D eigenvalue weighted by Crippen LogP contribution is -2.37. The molecule has 0 aromatic heterocycles. The minimum absolute atomic E-state index is 0.0609. The first-order chi connectivity index (χ1) is 14.0. The predicted octanol–water partition coefficient (Wildman–Crippen LogP) is 4.40. The van der Waals surface area contributed by atoms with Crippen LogP contribution in [0.5, 0.6) is 5.75 Å². The molecule has 2 aromatic rings. The molecule has 0 aliphatic carbocycles. The van der Waals surface area contributed by atoms with Gasteiger partial charge in [0.05, 0.1) is 19.4 Å². The third-order valence-corrected chi connectivity index (χ3v) is 4.78. The van der Waals surface area contributed by atoms with Crippen LogP contribution in [0, 0.1) is 11.7 Å². The van der Waals surface area contributed by atoms with Crippen LogP contribution in [0.15, 0.2) is 53.7 Å². The van der Waals surface area contributed by atoms with Gasteiger partial charge in [0.25, 0.3) is 0 Å². The van der Waals surface area contributed by atoms with E-state index in [1.54, 1.807) is 30.2 Å². The Morgan fingerprint density at radius 2 is 2.07 bits per heavy atom. The lowest BCUT2D eigenvalue weighted by atomic mass is 10.0. The highest BCUT2D eigenvalue weighted by atomic mass is 19.1. The molecule has 1 heterocycles. The summed E-state index contributed by atoms with van der Waals surface area (Å²) in [5.74, 6) is 0.747. The van der Waals surface area contributed by atoms with E-state index in [4.69, 9.17) is 9.57 Å². The van der Waals surface area contributed by atoms with Gasteiger partial charge in [-0.05, 0) is 29.7 Å². The Hall–Kier alpha value is -2.89. The summed E-state index contributed by atoms with van der Waals surface area (Å²) in [7, 11) is 1.62. The highest BCUT2D eigenvalue weighted by molar-refractivity contribution is 6.01. The Balaban J connectivity index is 1.70. The number of hydrogen-bond donors (Lipinski definition) is 0. The van der Waals surface area contributed by atoms with Gasteiger partial charge >= 0.3 is 0 Å². The van der Waals surface area contributed by atoms with E-state index in [-0.39, 0.29) is 23.7 Å². The number of ether oxygens (including phenoxy) is 1. The van der Waals surface area contributed by atoms with E-state index < -0.39 is 0 Å². The Kier molecular flexibility index (Phi) is 6.86. The SMILES string of the molecule is COc1cccc(CN(CC2CC(c3ccccc3F)=NO2)C(=O)CC(C)C)c1. The van der Waals surface area contributed by atoms with E-state index in [0.29, 0.717) is 37.2 Å². The van der Waals surface area contributed by atoms with Crippen LogP contribution in [0.25, 0.3) is 0 Å². The topological polar surface area (TPSA) is 51.1 Å². The Bertz CT molecular complexity index is 882. The smallest absolute Gasteiger partial charge is 0.223 e. The largest absolute Gasteiger partial charge is 0.497 e. The summed E-state index contributed by atoms with van der Waals surface area (Å²) in [6.45, 7) is 4.89. The van der Waals surface area contributed by atoms with Gasteiger partial charge in [0, 0.05) is 24.9 Å². The molecule has 1 aliphatic rings. The number of rotatable bonds is 8. The summed E-state index contributed by atoms with van der Waals surface area (Å²) in [6.07, 6.45) is 0.619. The van der Waals surface area contributed by atoms with Crippen LogP contribution in [0.1, 0.15) is 37.8 Å². The summed E-state index contributed by atoms with van der Waals surface area (Å²) in [4.78, 5) is 20.2. The van der Waals surface area contributed by atoms with E-state index >= 15 is 0 Å². The molecule has 0 radical (unpaired) electrons. The van der Waals surface area contributed by atoms with Crippen molar-refractivity contribution in [3.63, 3.8) is 0 Å². The van der Waals surface area contributed by atoms with Crippen LogP contribution in [0.2, 0.25) is 0 Å². The van der Waals surface area contributed by atoms with Crippen LogP contribution in [-0.4, -0.2) is 36.3 Å². The summed E-state index contributed by atoms with van der Waals surface area (Å²) >= 11 is 0. The molecule has 1 aliphatic heterocycles. The van der Waals surface area contributed by atoms with Gasteiger partial charge in [-0.25, -0.2) is 4.39 Å². The number of carbonyl (C=O) groups is 1. The number of oxime groups is 1. The fourth-order valence-corrected chi connectivity index (χ4v) is 3.35. The molecule has 0 saturated heterocycles. The molecule has 3 rings (SSSR count). The number of benzene rings is 2. The quantitative estimate of drug-likeness (QED) is 0.662. The number of nitrogens with zero attached hydrogens (tertiary/aromatic N) is 2. The van der Waals surface area contributed by atoms with Crippen LogP contribution in [-0.2, 0) is 16.2 Å². The lowest BCUT2D eigenvalue weighted by Gasteiger charge is -2.26. The second kappa shape index (κ2) is 9.54. The fraction of sp³-hybridized carbons (Fsp3) is 0.391. The summed E-state index contributed by atoms with van der Waals surface area (Å²) in [5.41, 5.74) is 2.00. The standard InChI is InChI=1S/C23H27FN2O3/c1-16(2)11-23(27)26(14-17-7-6-8-18(12-17)28-3)15-19-13-22(25-29-19)20-9-4-5-10-21(20)24/h4-10,12,16,19H,11,13-15H2,1-3H3. The van der Waals surface area contributed by atoms with Crippen molar-refractivity contribution in [1.29, 1.82) is 0 Å². The molecule has 154 valence electrons. The Morgan fingerprint density at radius 1 is 1.28 bits per heavy atom. The number of halogens is 1. The van der Waals surface area contributed by atoms with Gasteiger partial charge in [-0.3, -0.25) is 4.79 Å². The Labute approximate surface area is 171 Å². The molecule has 1 atom stereocenters. The Morgan fingerprint density at radius 3 is 2.79 bits per heavy atom. The maximum Gasteiger partial charge on any atom is 0.223 e. The lowest BCUT2D eigenvalue weighted by molar-refractivity contribution is -0.134. The van der Waals surface area contributed by atoms with Gasteiger partial charge in [0.15, 0.2) is 6.10 Å². The van der Waals surface area contributed by atoms with E-state index in [0.717, 1.165) is 11.3 Å². The van der Waals surface area contributed by atoms with Crippen molar-refractivity contribution in [3.8, 4) is 5.75 Å². The first-order valence-corrected chi connectivity index (χ1v) is 9.84. The van der Waals surface area contributed by atoms with Gasteiger partial charge in [0.1, 0.15) is 11.6 Å². The first-order valence-electron chi connectivity index (χ1n) is 9.84. The minimum Gasteiger partial charge on any atom is -0.497 e. The van der Waals surface area contributed by atoms with Crippen molar-refractivity contribution in [1.82, 2.24) is 4.90 Å². The zero-order valence-corrected chi connectivity index (χ0v) is 17.1. The molecule has 6 heteroatoms. The first kappa shape index (κ1) is 20.8. The molecule has 1 amide bonds. The molecule has 0 bridgehead atoms. The van der Waals surface area contributed by atoms with Crippen LogP contribution >= 0.6 is 0 Å². The second-order valence-electron chi connectivity index (χ2n) is 7.67. The van der Waals surface area contributed by atoms with Crippen molar-refractivity contribution < 1.29 is 18.8 Å². The van der Waals surface area contributed by atoms with Gasteiger partial charge in [-0.1, -0.05) is 49.3 Å². The van der Waals surface area contributed by atoms with Crippen molar-refractivity contribution in [2.24, 2.45) is 11.1 Å². The average Bonchev–Trinajstić information content (AvgIpc) is 3.16. The summed E-state index contributed by atoms with van der Waals surface area (Å²) in [5, 5.41) is 4.07. The number of methoxy groups -OCH3 is 1. The number of hydrogen-bond acceptors (Lipinski definition) is 4. The molecule has 0 fully saturated rings. The molecule has 2 aromatic carbocycles. The highest BCUT2D eigenvalue weighted by Crippen LogP contribution is 2.22. The average molecular weight is 398 g/mol. The van der Waals surface area contributed by atoms with Crippen molar-refractivity contribution in [2.75, 3.05) is 13.7 Å². The summed E-state index contributed by atoms with van der Waals surface area (Å²) < 4.78 is 19.3. The molecule has 0 N–H and O–H groups in total. The zero-order chi connectivity index (χ0) is 20.8. The van der Waals surface area contributed by atoms with E-state index in [1.807, 2.05) is 38.1 Å². The van der Waals surface area contributed by atoms with Crippen molar-refractivity contribution in [2.45, 2.75) is 39.3 Å². The molecule has 0 spiro atoms. The van der Waals surface area contributed by atoms with Crippen LogP contribution < -0.4 is 4.74 Å². The molecule has 29 heavy (non-hydrogen) atoms. The van der Waals surface area contributed by atoms with Gasteiger partial charge in [0.2, 0.25) is 5.91 Å². The fourth-order valence-electron chi connectivity index (χ4n) is 3.35. The molecular formula is C23H27FN2O3. The molecular weight excluding hydrogens is 371 g/mol. The highest BCUT2D eigenvalue weighted by Gasteiger charge is 2.28.